The summed E-state index contributed by atoms with van der Waals surface area (Å²) in [6.45, 7) is 0.808. The van der Waals surface area contributed by atoms with E-state index in [1.54, 1.807) is 47.6 Å². The SMILES string of the molecule is O=C(NCc1ccco1)C1CCN(C(=O)Cn2c(=O)[nH]c3ccccc3c2=O)CC1. The average molecular weight is 410 g/mol. The van der Waals surface area contributed by atoms with E-state index in [0.29, 0.717) is 49.1 Å². The number of amides is 2. The van der Waals surface area contributed by atoms with Gasteiger partial charge in [0, 0.05) is 19.0 Å². The number of carbonyl (C=O) groups excluding carboxylic acids is 2. The lowest BCUT2D eigenvalue weighted by Gasteiger charge is -2.31. The molecule has 156 valence electrons. The molecule has 2 amide bonds. The first kappa shape index (κ1) is 19.7. The first-order valence-corrected chi connectivity index (χ1v) is 9.82. The molecule has 0 spiro atoms. The van der Waals surface area contributed by atoms with E-state index in [1.165, 1.54) is 0 Å². The van der Waals surface area contributed by atoms with Gasteiger partial charge in [-0.25, -0.2) is 4.79 Å². The van der Waals surface area contributed by atoms with Crippen molar-refractivity contribution < 1.29 is 14.0 Å². The zero-order valence-electron chi connectivity index (χ0n) is 16.3. The van der Waals surface area contributed by atoms with Gasteiger partial charge in [-0.1, -0.05) is 12.1 Å². The summed E-state index contributed by atoms with van der Waals surface area (Å²) < 4.78 is 6.12. The Kier molecular flexibility index (Phi) is 5.51. The standard InChI is InChI=1S/C21H22N4O5/c26-18(13-25-20(28)16-5-1-2-6-17(16)23-21(25)29)24-9-7-14(8-10-24)19(27)22-12-15-4-3-11-30-15/h1-6,11,14H,7-10,12-13H2,(H,22,27)(H,23,29). The van der Waals surface area contributed by atoms with E-state index in [2.05, 4.69) is 10.3 Å². The molecule has 0 atom stereocenters. The van der Waals surface area contributed by atoms with E-state index >= 15 is 0 Å². The zero-order valence-corrected chi connectivity index (χ0v) is 16.3. The highest BCUT2D eigenvalue weighted by Gasteiger charge is 2.27. The van der Waals surface area contributed by atoms with Crippen molar-refractivity contribution >= 4 is 22.7 Å². The van der Waals surface area contributed by atoms with Crippen LogP contribution in [0.25, 0.3) is 10.9 Å². The van der Waals surface area contributed by atoms with Crippen LogP contribution in [0.15, 0.2) is 56.7 Å². The quantitative estimate of drug-likeness (QED) is 0.646. The van der Waals surface area contributed by atoms with E-state index in [0.717, 1.165) is 4.57 Å². The first-order valence-electron chi connectivity index (χ1n) is 9.82. The number of rotatable bonds is 5. The van der Waals surface area contributed by atoms with Gasteiger partial charge in [0.2, 0.25) is 11.8 Å². The lowest BCUT2D eigenvalue weighted by molar-refractivity contribution is -0.136. The minimum Gasteiger partial charge on any atom is -0.467 e. The van der Waals surface area contributed by atoms with Crippen LogP contribution in [-0.2, 0) is 22.7 Å². The number of nitrogens with one attached hydrogen (secondary N) is 2. The molecule has 0 radical (unpaired) electrons. The Hall–Kier alpha value is -3.62. The van der Waals surface area contributed by atoms with Crippen molar-refractivity contribution in [3.63, 3.8) is 0 Å². The fraction of sp³-hybridized carbons (Fsp3) is 0.333. The van der Waals surface area contributed by atoms with Crippen molar-refractivity contribution in [3.8, 4) is 0 Å². The zero-order chi connectivity index (χ0) is 21.1. The molecule has 9 heteroatoms. The second kappa shape index (κ2) is 8.40. The molecule has 3 aromatic rings. The van der Waals surface area contributed by atoms with Crippen molar-refractivity contribution in [2.24, 2.45) is 5.92 Å². The smallest absolute Gasteiger partial charge is 0.329 e. The minimum absolute atomic E-state index is 0.0688. The van der Waals surface area contributed by atoms with Crippen LogP contribution in [0.1, 0.15) is 18.6 Å². The highest BCUT2D eigenvalue weighted by Crippen LogP contribution is 2.18. The maximum absolute atomic E-state index is 12.7. The van der Waals surface area contributed by atoms with E-state index in [-0.39, 0.29) is 24.3 Å². The van der Waals surface area contributed by atoms with E-state index in [9.17, 15) is 19.2 Å². The third-order valence-electron chi connectivity index (χ3n) is 5.42. The van der Waals surface area contributed by atoms with Gasteiger partial charge in [-0.3, -0.25) is 19.0 Å². The summed E-state index contributed by atoms with van der Waals surface area (Å²) in [5.74, 6) is 0.117. The largest absolute Gasteiger partial charge is 0.467 e. The maximum Gasteiger partial charge on any atom is 0.329 e. The third kappa shape index (κ3) is 4.05. The van der Waals surface area contributed by atoms with Crippen molar-refractivity contribution in [2.45, 2.75) is 25.9 Å². The average Bonchev–Trinajstić information content (AvgIpc) is 3.28. The van der Waals surface area contributed by atoms with E-state index in [4.69, 9.17) is 4.42 Å². The Morgan fingerprint density at radius 2 is 1.87 bits per heavy atom. The first-order chi connectivity index (χ1) is 14.5. The summed E-state index contributed by atoms with van der Waals surface area (Å²) in [5.41, 5.74) is -0.660. The van der Waals surface area contributed by atoms with Gasteiger partial charge in [0.25, 0.3) is 5.56 Å². The fourth-order valence-corrected chi connectivity index (χ4v) is 3.70. The molecule has 4 rings (SSSR count). The molecule has 1 aromatic carbocycles. The molecule has 0 saturated carbocycles. The molecule has 1 fully saturated rings. The summed E-state index contributed by atoms with van der Waals surface area (Å²) >= 11 is 0. The van der Waals surface area contributed by atoms with Crippen LogP contribution < -0.4 is 16.6 Å². The Balaban J connectivity index is 1.36. The number of H-pyrrole nitrogens is 1. The number of para-hydroxylation sites is 1. The monoisotopic (exact) mass is 410 g/mol. The second-order valence-electron chi connectivity index (χ2n) is 7.32. The number of fused-ring (bicyclic) bond motifs is 1. The Morgan fingerprint density at radius 3 is 2.60 bits per heavy atom. The predicted octanol–water partition coefficient (Wildman–Crippen LogP) is 0.838. The number of aromatic nitrogens is 2. The van der Waals surface area contributed by atoms with Crippen molar-refractivity contribution in [3.05, 3.63) is 69.3 Å². The number of likely N-dealkylation sites (tertiary alicyclic amines) is 1. The van der Waals surface area contributed by atoms with Gasteiger partial charge in [-0.2, -0.15) is 0 Å². The molecule has 0 unspecified atom stereocenters. The van der Waals surface area contributed by atoms with Crippen LogP contribution in [-0.4, -0.2) is 39.4 Å². The molecule has 3 heterocycles. The summed E-state index contributed by atoms with van der Waals surface area (Å²) in [4.78, 5) is 54.1. The number of furan rings is 1. The molecule has 1 saturated heterocycles. The molecular weight excluding hydrogens is 388 g/mol. The van der Waals surface area contributed by atoms with Gasteiger partial charge in [-0.05, 0) is 37.1 Å². The molecule has 0 aliphatic carbocycles. The number of nitrogens with zero attached hydrogens (tertiary/aromatic N) is 2. The van der Waals surface area contributed by atoms with E-state index < -0.39 is 11.2 Å². The van der Waals surface area contributed by atoms with Crippen LogP contribution in [0, 0.1) is 5.92 Å². The molecule has 30 heavy (non-hydrogen) atoms. The molecule has 2 N–H and O–H groups in total. The third-order valence-corrected chi connectivity index (χ3v) is 5.42. The van der Waals surface area contributed by atoms with Gasteiger partial charge in [-0.15, -0.1) is 0 Å². The molecule has 0 bridgehead atoms. The van der Waals surface area contributed by atoms with Crippen molar-refractivity contribution in [1.29, 1.82) is 0 Å². The number of aromatic amines is 1. The number of hydrogen-bond acceptors (Lipinski definition) is 5. The predicted molar refractivity (Wildman–Crippen MR) is 109 cm³/mol. The minimum atomic E-state index is -0.612. The number of benzene rings is 1. The van der Waals surface area contributed by atoms with Crippen LogP contribution in [0.4, 0.5) is 0 Å². The molecule has 1 aliphatic heterocycles. The summed E-state index contributed by atoms with van der Waals surface area (Å²) in [6.07, 6.45) is 2.61. The van der Waals surface area contributed by atoms with Crippen LogP contribution in [0.5, 0.6) is 0 Å². The normalized spacial score (nSPS) is 14.7. The number of piperidine rings is 1. The van der Waals surface area contributed by atoms with Gasteiger partial charge in [0.05, 0.1) is 23.7 Å². The Labute approximate surface area is 171 Å². The van der Waals surface area contributed by atoms with E-state index in [1.807, 2.05) is 0 Å². The van der Waals surface area contributed by atoms with Gasteiger partial charge >= 0.3 is 5.69 Å². The summed E-state index contributed by atoms with van der Waals surface area (Å²) in [5, 5.41) is 3.20. The molecule has 1 aliphatic rings. The number of carbonyl (C=O) groups is 2. The maximum atomic E-state index is 12.7. The highest BCUT2D eigenvalue weighted by molar-refractivity contribution is 5.80. The van der Waals surface area contributed by atoms with Crippen LogP contribution in [0.2, 0.25) is 0 Å². The molecule has 9 nitrogen and oxygen atoms in total. The topological polar surface area (TPSA) is 117 Å². The van der Waals surface area contributed by atoms with Crippen LogP contribution >= 0.6 is 0 Å². The van der Waals surface area contributed by atoms with Gasteiger partial charge < -0.3 is 19.6 Å². The molecule has 2 aromatic heterocycles. The summed E-state index contributed by atoms with van der Waals surface area (Å²) in [6, 6.07) is 10.2. The Bertz CT molecular complexity index is 1170. The highest BCUT2D eigenvalue weighted by atomic mass is 16.3. The second-order valence-corrected chi connectivity index (χ2v) is 7.32. The lowest BCUT2D eigenvalue weighted by Crippen LogP contribution is -2.46. The van der Waals surface area contributed by atoms with Crippen LogP contribution in [0.3, 0.4) is 0 Å². The van der Waals surface area contributed by atoms with Gasteiger partial charge in [0.1, 0.15) is 12.3 Å². The Morgan fingerprint density at radius 1 is 1.10 bits per heavy atom. The number of hydrogen-bond donors (Lipinski definition) is 2. The van der Waals surface area contributed by atoms with Crippen molar-refractivity contribution in [2.75, 3.05) is 13.1 Å². The summed E-state index contributed by atoms with van der Waals surface area (Å²) in [7, 11) is 0. The van der Waals surface area contributed by atoms with Crippen molar-refractivity contribution in [1.82, 2.24) is 19.8 Å². The van der Waals surface area contributed by atoms with Gasteiger partial charge in [0.15, 0.2) is 0 Å². The lowest BCUT2D eigenvalue weighted by atomic mass is 9.96. The molecular formula is C21H22N4O5. The fourth-order valence-electron chi connectivity index (χ4n) is 3.70.